The van der Waals surface area contributed by atoms with Gasteiger partial charge in [-0.15, -0.1) is 11.3 Å². The largest absolute Gasteiger partial charge is 0.355 e. The maximum Gasteiger partial charge on any atom is 0.226 e. The van der Waals surface area contributed by atoms with E-state index >= 15 is 0 Å². The number of carbonyl (C=O) groups excluding carboxylic acids is 1. The number of halogens is 1. The van der Waals surface area contributed by atoms with Crippen molar-refractivity contribution < 1.29 is 4.79 Å². The Labute approximate surface area is 114 Å². The first-order valence-electron chi connectivity index (χ1n) is 4.92. The lowest BCUT2D eigenvalue weighted by atomic mass is 10.3. The van der Waals surface area contributed by atoms with Crippen molar-refractivity contribution in [1.29, 1.82) is 0 Å². The van der Waals surface area contributed by atoms with Gasteiger partial charge in [0.2, 0.25) is 5.12 Å². The molecule has 0 atom stereocenters. The van der Waals surface area contributed by atoms with Crippen LogP contribution >= 0.6 is 35.6 Å². The van der Waals surface area contributed by atoms with Crippen molar-refractivity contribution in [3.63, 3.8) is 0 Å². The van der Waals surface area contributed by atoms with Crippen LogP contribution in [0, 0.1) is 6.92 Å². The standard InChI is InChI=1S/C12H10ClNOS2/c1-7-10(6-11(17-7)12(15)16)14-9-4-2-8(13)3-5-9/h2-6,14H,1H3,(H,15,16). The van der Waals surface area contributed by atoms with Crippen LogP contribution in [0.3, 0.4) is 0 Å². The van der Waals surface area contributed by atoms with Crippen LogP contribution in [0.15, 0.2) is 30.3 Å². The summed E-state index contributed by atoms with van der Waals surface area (Å²) in [6, 6.07) is 9.22. The molecule has 2 nitrogen and oxygen atoms in total. The Kier molecular flexibility index (Phi) is 3.76. The van der Waals surface area contributed by atoms with Crippen LogP contribution in [-0.2, 0) is 0 Å². The SMILES string of the molecule is Cc1sc(C(=O)S)cc1Nc1ccc(Cl)cc1. The van der Waals surface area contributed by atoms with Crippen LogP contribution in [0.25, 0.3) is 0 Å². The fraction of sp³-hybridized carbons (Fsp3) is 0.0833. The molecule has 0 aliphatic heterocycles. The van der Waals surface area contributed by atoms with Gasteiger partial charge >= 0.3 is 0 Å². The van der Waals surface area contributed by atoms with Gasteiger partial charge in [-0.05, 0) is 37.3 Å². The lowest BCUT2D eigenvalue weighted by Gasteiger charge is -2.04. The minimum Gasteiger partial charge on any atom is -0.355 e. The number of hydrogen-bond donors (Lipinski definition) is 2. The molecular weight excluding hydrogens is 274 g/mol. The highest BCUT2D eigenvalue weighted by Gasteiger charge is 2.09. The van der Waals surface area contributed by atoms with Crippen LogP contribution in [0.2, 0.25) is 5.02 Å². The molecule has 2 aromatic rings. The molecule has 0 saturated carbocycles. The monoisotopic (exact) mass is 283 g/mol. The van der Waals surface area contributed by atoms with Gasteiger partial charge in [0.05, 0.1) is 10.6 Å². The topological polar surface area (TPSA) is 29.1 Å². The number of anilines is 2. The number of benzene rings is 1. The van der Waals surface area contributed by atoms with Crippen molar-refractivity contribution in [2.45, 2.75) is 6.92 Å². The van der Waals surface area contributed by atoms with E-state index in [-0.39, 0.29) is 5.12 Å². The van der Waals surface area contributed by atoms with E-state index in [1.54, 1.807) is 0 Å². The van der Waals surface area contributed by atoms with Crippen molar-refractivity contribution in [2.24, 2.45) is 0 Å². The maximum atomic E-state index is 11.1. The Hall–Kier alpha value is -0.970. The van der Waals surface area contributed by atoms with Gasteiger partial charge in [-0.2, -0.15) is 0 Å². The molecule has 2 rings (SSSR count). The molecule has 1 aromatic carbocycles. The Bertz CT molecular complexity index is 548. The second-order valence-corrected chi connectivity index (χ2v) is 5.62. The van der Waals surface area contributed by atoms with Gasteiger partial charge < -0.3 is 5.32 Å². The van der Waals surface area contributed by atoms with E-state index in [1.807, 2.05) is 37.3 Å². The number of thiol groups is 1. The van der Waals surface area contributed by atoms with Crippen LogP contribution in [-0.4, -0.2) is 5.12 Å². The Morgan fingerprint density at radius 3 is 2.53 bits per heavy atom. The van der Waals surface area contributed by atoms with Gasteiger partial charge in [0.25, 0.3) is 0 Å². The maximum absolute atomic E-state index is 11.1. The summed E-state index contributed by atoms with van der Waals surface area (Å²) in [5.74, 6) is 0. The van der Waals surface area contributed by atoms with Crippen molar-refractivity contribution in [3.8, 4) is 0 Å². The number of thiophene rings is 1. The number of rotatable bonds is 3. The summed E-state index contributed by atoms with van der Waals surface area (Å²) in [7, 11) is 0. The van der Waals surface area contributed by atoms with E-state index in [2.05, 4.69) is 17.9 Å². The molecule has 0 amide bonds. The van der Waals surface area contributed by atoms with Crippen LogP contribution in [0.1, 0.15) is 14.5 Å². The third-order valence-electron chi connectivity index (χ3n) is 2.25. The fourth-order valence-corrected chi connectivity index (χ4v) is 2.54. The quantitative estimate of drug-likeness (QED) is 0.811. The number of aryl methyl sites for hydroxylation is 1. The third-order valence-corrected chi connectivity index (χ3v) is 3.95. The van der Waals surface area contributed by atoms with Crippen molar-refractivity contribution in [3.05, 3.63) is 45.1 Å². The van der Waals surface area contributed by atoms with Gasteiger partial charge in [-0.3, -0.25) is 4.79 Å². The fourth-order valence-electron chi connectivity index (χ4n) is 1.40. The first-order chi connectivity index (χ1) is 8.06. The van der Waals surface area contributed by atoms with E-state index < -0.39 is 0 Å². The lowest BCUT2D eigenvalue weighted by molar-refractivity contribution is 0.109. The minimum absolute atomic E-state index is 0.206. The highest BCUT2D eigenvalue weighted by Crippen LogP contribution is 2.30. The van der Waals surface area contributed by atoms with E-state index in [0.29, 0.717) is 9.90 Å². The Morgan fingerprint density at radius 1 is 1.35 bits per heavy atom. The molecule has 0 saturated heterocycles. The molecule has 0 spiro atoms. The molecular formula is C12H10ClNOS2. The van der Waals surface area contributed by atoms with Crippen molar-refractivity contribution >= 4 is 52.1 Å². The summed E-state index contributed by atoms with van der Waals surface area (Å²) in [6.45, 7) is 1.96. The summed E-state index contributed by atoms with van der Waals surface area (Å²) in [5.41, 5.74) is 1.86. The van der Waals surface area contributed by atoms with Gasteiger partial charge in [0, 0.05) is 15.6 Å². The zero-order chi connectivity index (χ0) is 12.4. The molecule has 0 fully saturated rings. The molecule has 0 aliphatic carbocycles. The Morgan fingerprint density at radius 2 is 2.00 bits per heavy atom. The zero-order valence-corrected chi connectivity index (χ0v) is 11.5. The second kappa shape index (κ2) is 5.12. The van der Waals surface area contributed by atoms with Gasteiger partial charge in [0.1, 0.15) is 0 Å². The zero-order valence-electron chi connectivity index (χ0n) is 9.03. The highest BCUT2D eigenvalue weighted by molar-refractivity contribution is 7.97. The summed E-state index contributed by atoms with van der Waals surface area (Å²) in [5, 5.41) is 3.73. The summed E-state index contributed by atoms with van der Waals surface area (Å²) in [4.78, 5) is 12.8. The molecule has 88 valence electrons. The number of hydrogen-bond acceptors (Lipinski definition) is 3. The molecule has 0 unspecified atom stereocenters. The molecule has 1 aromatic heterocycles. The van der Waals surface area contributed by atoms with E-state index in [4.69, 9.17) is 11.6 Å². The summed E-state index contributed by atoms with van der Waals surface area (Å²) >= 11 is 11.1. The van der Waals surface area contributed by atoms with Gasteiger partial charge in [-0.25, -0.2) is 0 Å². The van der Waals surface area contributed by atoms with Gasteiger partial charge in [0.15, 0.2) is 0 Å². The number of carbonyl (C=O) groups is 1. The van der Waals surface area contributed by atoms with Crippen LogP contribution in [0.5, 0.6) is 0 Å². The summed E-state index contributed by atoms with van der Waals surface area (Å²) in [6.07, 6.45) is 0. The summed E-state index contributed by atoms with van der Waals surface area (Å²) < 4.78 is 0. The first kappa shape index (κ1) is 12.5. The predicted octanol–water partition coefficient (Wildman–Crippen LogP) is 4.52. The smallest absolute Gasteiger partial charge is 0.226 e. The molecule has 0 bridgehead atoms. The molecule has 0 radical (unpaired) electrons. The van der Waals surface area contributed by atoms with E-state index in [9.17, 15) is 4.79 Å². The molecule has 0 aliphatic rings. The first-order valence-corrected chi connectivity index (χ1v) is 6.57. The molecule has 17 heavy (non-hydrogen) atoms. The van der Waals surface area contributed by atoms with Gasteiger partial charge in [-0.1, -0.05) is 24.2 Å². The predicted molar refractivity (Wildman–Crippen MR) is 77.1 cm³/mol. The average molecular weight is 284 g/mol. The van der Waals surface area contributed by atoms with E-state index in [0.717, 1.165) is 16.3 Å². The average Bonchev–Trinajstić information content (AvgIpc) is 2.64. The third kappa shape index (κ3) is 3.03. The highest BCUT2D eigenvalue weighted by atomic mass is 35.5. The van der Waals surface area contributed by atoms with Crippen molar-refractivity contribution in [2.75, 3.05) is 5.32 Å². The minimum atomic E-state index is -0.206. The molecule has 5 heteroatoms. The molecule has 1 heterocycles. The molecule has 1 N–H and O–H groups in total. The van der Waals surface area contributed by atoms with Crippen LogP contribution < -0.4 is 5.32 Å². The lowest BCUT2D eigenvalue weighted by Crippen LogP contribution is -1.89. The van der Waals surface area contributed by atoms with Crippen molar-refractivity contribution in [1.82, 2.24) is 0 Å². The normalized spacial score (nSPS) is 10.3. The number of nitrogens with one attached hydrogen (secondary N) is 1. The second-order valence-electron chi connectivity index (χ2n) is 3.52. The Balaban J connectivity index is 2.24. The van der Waals surface area contributed by atoms with Crippen LogP contribution in [0.4, 0.5) is 11.4 Å². The van der Waals surface area contributed by atoms with E-state index in [1.165, 1.54) is 11.3 Å².